The molecule has 2 heterocycles. The maximum Gasteiger partial charge on any atom is 0.349 e. The lowest BCUT2D eigenvalue weighted by Gasteiger charge is -2.35. The first-order chi connectivity index (χ1) is 12.6. The Morgan fingerprint density at radius 2 is 2.04 bits per heavy atom. The van der Waals surface area contributed by atoms with Crippen molar-refractivity contribution in [3.8, 4) is 0 Å². The molecule has 0 spiro atoms. The Balaban J connectivity index is 0.00000261. The Hall–Kier alpha value is -2.38. The van der Waals surface area contributed by atoms with E-state index in [9.17, 15) is 14.4 Å². The first-order valence-corrected chi connectivity index (χ1v) is 8.91. The van der Waals surface area contributed by atoms with Crippen LogP contribution in [-0.2, 0) is 4.79 Å². The first kappa shape index (κ1) is 20.9. The summed E-state index contributed by atoms with van der Waals surface area (Å²) in [6, 6.07) is 8.55. The zero-order valence-electron chi connectivity index (χ0n) is 15.0. The average Bonchev–Trinajstić information content (AvgIpc) is 2.66. The van der Waals surface area contributed by atoms with Gasteiger partial charge in [0, 0.05) is 37.5 Å². The average molecular weight is 394 g/mol. The van der Waals surface area contributed by atoms with Gasteiger partial charge in [-0.25, -0.2) is 4.79 Å². The van der Waals surface area contributed by atoms with Crippen molar-refractivity contribution in [2.45, 2.75) is 31.7 Å². The molecular weight excluding hydrogens is 370 g/mol. The molecule has 3 rings (SSSR count). The lowest BCUT2D eigenvalue weighted by molar-refractivity contribution is -0.121. The van der Waals surface area contributed by atoms with Crippen molar-refractivity contribution >= 4 is 35.2 Å². The second-order valence-corrected chi connectivity index (χ2v) is 6.48. The smallest absolute Gasteiger partial charge is 0.349 e. The molecule has 1 aliphatic rings. The van der Waals surface area contributed by atoms with E-state index in [4.69, 9.17) is 10.2 Å². The van der Waals surface area contributed by atoms with Crippen LogP contribution in [0.5, 0.6) is 0 Å². The normalized spacial score (nSPS) is 16.6. The highest BCUT2D eigenvalue weighted by Crippen LogP contribution is 2.20. The number of nitrogens with one attached hydrogen (secondary N) is 1. The number of piperidine rings is 1. The van der Waals surface area contributed by atoms with E-state index in [1.165, 1.54) is 0 Å². The van der Waals surface area contributed by atoms with Crippen LogP contribution in [0.2, 0.25) is 0 Å². The van der Waals surface area contributed by atoms with Crippen molar-refractivity contribution in [1.29, 1.82) is 0 Å². The molecule has 1 aromatic carbocycles. The fourth-order valence-electron chi connectivity index (χ4n) is 3.30. The van der Waals surface area contributed by atoms with E-state index in [-0.39, 0.29) is 48.8 Å². The molecule has 1 saturated heterocycles. The van der Waals surface area contributed by atoms with Crippen LogP contribution in [0.4, 0.5) is 0 Å². The second-order valence-electron chi connectivity index (χ2n) is 6.48. The molecule has 8 heteroatoms. The van der Waals surface area contributed by atoms with E-state index in [0.29, 0.717) is 24.1 Å². The zero-order chi connectivity index (χ0) is 18.5. The number of nitrogens with two attached hydrogens (primary N) is 1. The van der Waals surface area contributed by atoms with Crippen LogP contribution < -0.4 is 16.7 Å². The molecular formula is C19H24ClN3O4. The summed E-state index contributed by atoms with van der Waals surface area (Å²) in [7, 11) is 0. The highest BCUT2D eigenvalue weighted by molar-refractivity contribution is 5.97. The van der Waals surface area contributed by atoms with Gasteiger partial charge in [-0.3, -0.25) is 9.59 Å². The van der Waals surface area contributed by atoms with Gasteiger partial charge in [0.25, 0.3) is 5.91 Å². The first-order valence-electron chi connectivity index (χ1n) is 8.91. The molecule has 0 aliphatic carbocycles. The summed E-state index contributed by atoms with van der Waals surface area (Å²) in [4.78, 5) is 38.6. The minimum absolute atomic E-state index is 0. The molecule has 1 aliphatic heterocycles. The summed E-state index contributed by atoms with van der Waals surface area (Å²) in [5.74, 6) is -0.474. The molecule has 3 N–H and O–H groups in total. The van der Waals surface area contributed by atoms with Crippen LogP contribution in [0.15, 0.2) is 39.5 Å². The van der Waals surface area contributed by atoms with Gasteiger partial charge in [-0.2, -0.15) is 0 Å². The fourth-order valence-corrected chi connectivity index (χ4v) is 3.30. The van der Waals surface area contributed by atoms with Crippen molar-refractivity contribution in [2.24, 2.45) is 5.73 Å². The molecule has 1 unspecified atom stereocenters. The molecule has 2 aromatic rings. The summed E-state index contributed by atoms with van der Waals surface area (Å²) >= 11 is 0. The Labute approximate surface area is 163 Å². The molecule has 0 bridgehead atoms. The number of hydrogen-bond donors (Lipinski definition) is 2. The molecule has 0 saturated carbocycles. The van der Waals surface area contributed by atoms with Crippen molar-refractivity contribution < 1.29 is 14.0 Å². The third-order valence-electron chi connectivity index (χ3n) is 4.67. The lowest BCUT2D eigenvalue weighted by atomic mass is 10.0. The molecule has 27 heavy (non-hydrogen) atoms. The third kappa shape index (κ3) is 4.87. The molecule has 7 nitrogen and oxygen atoms in total. The van der Waals surface area contributed by atoms with Gasteiger partial charge in [-0.05, 0) is 31.4 Å². The number of nitrogens with zero attached hydrogens (tertiary/aromatic N) is 1. The predicted octanol–water partition coefficient (Wildman–Crippen LogP) is 1.67. The minimum atomic E-state index is -0.634. The highest BCUT2D eigenvalue weighted by atomic mass is 35.5. The predicted molar refractivity (Wildman–Crippen MR) is 105 cm³/mol. The number of likely N-dealkylation sites (tertiary alicyclic amines) is 1. The minimum Gasteiger partial charge on any atom is -0.422 e. The number of fused-ring (bicyclic) bond motifs is 1. The van der Waals surface area contributed by atoms with Crippen LogP contribution in [0, 0.1) is 0 Å². The fraction of sp³-hybridized carbons (Fsp3) is 0.421. The van der Waals surface area contributed by atoms with E-state index in [2.05, 4.69) is 5.32 Å². The Kier molecular flexibility index (Phi) is 7.38. The summed E-state index contributed by atoms with van der Waals surface area (Å²) in [6.07, 6.45) is 2.90. The Bertz CT molecular complexity index is 867. The van der Waals surface area contributed by atoms with Crippen LogP contribution in [0.3, 0.4) is 0 Å². The molecule has 0 radical (unpaired) electrons. The number of hydrogen-bond acceptors (Lipinski definition) is 5. The molecule has 1 atom stereocenters. The van der Waals surface area contributed by atoms with Gasteiger partial charge in [0.05, 0.1) is 0 Å². The largest absolute Gasteiger partial charge is 0.422 e. The Morgan fingerprint density at radius 3 is 2.81 bits per heavy atom. The van der Waals surface area contributed by atoms with E-state index < -0.39 is 5.63 Å². The quantitative estimate of drug-likeness (QED) is 0.752. The van der Waals surface area contributed by atoms with Gasteiger partial charge in [0.2, 0.25) is 5.91 Å². The number of carbonyl (C=O) groups is 2. The van der Waals surface area contributed by atoms with E-state index >= 15 is 0 Å². The molecule has 1 fully saturated rings. The SMILES string of the molecule is Cl.NCCC(=O)NCC1CCCCN1C(=O)c1cc2ccccc2oc1=O. The number of rotatable bonds is 5. The van der Waals surface area contributed by atoms with Crippen molar-refractivity contribution in [3.05, 3.63) is 46.3 Å². The molecule has 2 amide bonds. The van der Waals surface area contributed by atoms with Crippen LogP contribution in [0.25, 0.3) is 11.0 Å². The van der Waals surface area contributed by atoms with Crippen LogP contribution in [-0.4, -0.2) is 42.4 Å². The summed E-state index contributed by atoms with van der Waals surface area (Å²) < 4.78 is 5.28. The number of amides is 2. The van der Waals surface area contributed by atoms with E-state index in [1.807, 2.05) is 6.07 Å². The highest BCUT2D eigenvalue weighted by Gasteiger charge is 2.29. The number of benzene rings is 1. The van der Waals surface area contributed by atoms with Crippen molar-refractivity contribution in [2.75, 3.05) is 19.6 Å². The van der Waals surface area contributed by atoms with Gasteiger partial charge in [0.1, 0.15) is 11.1 Å². The summed E-state index contributed by atoms with van der Waals surface area (Å²) in [5, 5.41) is 3.53. The topological polar surface area (TPSA) is 106 Å². The van der Waals surface area contributed by atoms with E-state index in [0.717, 1.165) is 19.3 Å². The van der Waals surface area contributed by atoms with Gasteiger partial charge in [0.15, 0.2) is 0 Å². The maximum absolute atomic E-state index is 13.0. The van der Waals surface area contributed by atoms with Gasteiger partial charge in [-0.1, -0.05) is 18.2 Å². The molecule has 146 valence electrons. The van der Waals surface area contributed by atoms with Gasteiger partial charge < -0.3 is 20.4 Å². The number of halogens is 1. The van der Waals surface area contributed by atoms with Crippen LogP contribution >= 0.6 is 12.4 Å². The van der Waals surface area contributed by atoms with Gasteiger partial charge >= 0.3 is 5.63 Å². The number of carbonyl (C=O) groups excluding carboxylic acids is 2. The van der Waals surface area contributed by atoms with Crippen molar-refractivity contribution in [1.82, 2.24) is 10.2 Å². The standard InChI is InChI=1S/C19H23N3O4.ClH/c20-9-8-17(23)21-12-14-6-3-4-10-22(14)18(24)15-11-13-5-1-2-7-16(13)26-19(15)25;/h1-2,5,7,11,14H,3-4,6,8-10,12,20H2,(H,21,23);1H. The monoisotopic (exact) mass is 393 g/mol. The van der Waals surface area contributed by atoms with Crippen LogP contribution in [0.1, 0.15) is 36.0 Å². The summed E-state index contributed by atoms with van der Waals surface area (Å²) in [6.45, 7) is 1.21. The molecule has 1 aromatic heterocycles. The number of para-hydroxylation sites is 1. The Morgan fingerprint density at radius 1 is 1.26 bits per heavy atom. The zero-order valence-corrected chi connectivity index (χ0v) is 15.8. The van der Waals surface area contributed by atoms with E-state index in [1.54, 1.807) is 29.2 Å². The van der Waals surface area contributed by atoms with Crippen molar-refractivity contribution in [3.63, 3.8) is 0 Å². The van der Waals surface area contributed by atoms with Gasteiger partial charge in [-0.15, -0.1) is 12.4 Å². The maximum atomic E-state index is 13.0. The third-order valence-corrected chi connectivity index (χ3v) is 4.67. The lowest BCUT2D eigenvalue weighted by Crippen LogP contribution is -2.50. The summed E-state index contributed by atoms with van der Waals surface area (Å²) in [5.41, 5.74) is 5.24. The second kappa shape index (κ2) is 9.53.